The lowest BCUT2D eigenvalue weighted by Gasteiger charge is -2.19. The zero-order chi connectivity index (χ0) is 13.5. The lowest BCUT2D eigenvalue weighted by Crippen LogP contribution is -2.28. The Labute approximate surface area is 116 Å². The second kappa shape index (κ2) is 7.50. The molecule has 1 rings (SSSR count). The highest BCUT2D eigenvalue weighted by Gasteiger charge is 2.14. The van der Waals surface area contributed by atoms with Gasteiger partial charge in [0.15, 0.2) is 0 Å². The van der Waals surface area contributed by atoms with Crippen LogP contribution in [0.15, 0.2) is 24.3 Å². The van der Waals surface area contributed by atoms with Crippen molar-refractivity contribution in [3.63, 3.8) is 0 Å². The molecule has 0 unspecified atom stereocenters. The summed E-state index contributed by atoms with van der Waals surface area (Å²) in [5.74, 6) is 0.491. The number of carbonyl (C=O) groups is 1. The average Bonchev–Trinajstić information content (AvgIpc) is 2.31. The minimum absolute atomic E-state index is 0.442. The van der Waals surface area contributed by atoms with E-state index in [4.69, 9.17) is 10.5 Å². The molecule has 0 aromatic heterocycles. The standard InChI is InChI=1S/C11H16N2O2.CH3I/c1-11(2,12)8-5-4-6-9(7-8)15-10(14)13-3;1-2/h4-7H,12H2,1-3H3,(H,13,14);1H3. The molecule has 0 aliphatic rings. The van der Waals surface area contributed by atoms with Gasteiger partial charge in [0.25, 0.3) is 0 Å². The van der Waals surface area contributed by atoms with Crippen molar-refractivity contribution in [2.24, 2.45) is 5.73 Å². The van der Waals surface area contributed by atoms with E-state index in [1.54, 1.807) is 12.1 Å². The van der Waals surface area contributed by atoms with Crippen LogP contribution in [0.1, 0.15) is 19.4 Å². The van der Waals surface area contributed by atoms with E-state index in [2.05, 4.69) is 27.9 Å². The molecular formula is C12H19IN2O2. The van der Waals surface area contributed by atoms with Crippen LogP contribution in [0.3, 0.4) is 0 Å². The zero-order valence-corrected chi connectivity index (χ0v) is 12.7. The Bertz CT molecular complexity index is 362. The minimum atomic E-state index is -0.484. The van der Waals surface area contributed by atoms with Crippen LogP contribution in [0, 0.1) is 0 Å². The summed E-state index contributed by atoms with van der Waals surface area (Å²) >= 11 is 2.15. The van der Waals surface area contributed by atoms with Gasteiger partial charge in [-0.3, -0.25) is 0 Å². The van der Waals surface area contributed by atoms with Crippen LogP contribution in [0.4, 0.5) is 4.79 Å². The van der Waals surface area contributed by atoms with Crippen LogP contribution in [-0.4, -0.2) is 18.1 Å². The molecule has 0 saturated heterocycles. The predicted octanol–water partition coefficient (Wildman–Crippen LogP) is 2.65. The topological polar surface area (TPSA) is 64.3 Å². The van der Waals surface area contributed by atoms with Crippen molar-refractivity contribution >= 4 is 28.7 Å². The smallest absolute Gasteiger partial charge is 0.410 e. The summed E-state index contributed by atoms with van der Waals surface area (Å²) in [5, 5.41) is 2.38. The Morgan fingerprint density at radius 1 is 1.41 bits per heavy atom. The molecule has 0 aliphatic carbocycles. The number of hydrogen-bond donors (Lipinski definition) is 2. The number of nitrogens with two attached hydrogens (primary N) is 1. The van der Waals surface area contributed by atoms with Crippen LogP contribution in [-0.2, 0) is 5.54 Å². The van der Waals surface area contributed by atoms with Crippen LogP contribution in [0.2, 0.25) is 0 Å². The molecule has 1 aromatic carbocycles. The molecule has 0 atom stereocenters. The van der Waals surface area contributed by atoms with E-state index >= 15 is 0 Å². The molecule has 1 amide bonds. The molecule has 0 bridgehead atoms. The lowest BCUT2D eigenvalue weighted by molar-refractivity contribution is 0.203. The van der Waals surface area contributed by atoms with Gasteiger partial charge >= 0.3 is 6.09 Å². The average molecular weight is 350 g/mol. The largest absolute Gasteiger partial charge is 0.412 e. The highest BCUT2D eigenvalue weighted by molar-refractivity contribution is 14.1. The van der Waals surface area contributed by atoms with Crippen LogP contribution < -0.4 is 15.8 Å². The molecule has 0 radical (unpaired) electrons. The van der Waals surface area contributed by atoms with Gasteiger partial charge < -0.3 is 15.8 Å². The summed E-state index contributed by atoms with van der Waals surface area (Å²) < 4.78 is 4.99. The summed E-state index contributed by atoms with van der Waals surface area (Å²) in [6, 6.07) is 7.18. The highest BCUT2D eigenvalue weighted by atomic mass is 127. The fourth-order valence-corrected chi connectivity index (χ4v) is 1.12. The maximum atomic E-state index is 11.0. The van der Waals surface area contributed by atoms with Crippen molar-refractivity contribution in [1.29, 1.82) is 0 Å². The summed E-state index contributed by atoms with van der Waals surface area (Å²) in [6.45, 7) is 3.79. The summed E-state index contributed by atoms with van der Waals surface area (Å²) in [5.41, 5.74) is 6.41. The monoisotopic (exact) mass is 350 g/mol. The first kappa shape index (κ1) is 16.2. The van der Waals surface area contributed by atoms with Gasteiger partial charge in [0.05, 0.1) is 0 Å². The van der Waals surface area contributed by atoms with Gasteiger partial charge in [-0.15, -0.1) is 0 Å². The van der Waals surface area contributed by atoms with E-state index in [1.807, 2.05) is 30.9 Å². The van der Waals surface area contributed by atoms with Crippen molar-refractivity contribution in [3.8, 4) is 5.75 Å². The second-order valence-corrected chi connectivity index (χ2v) is 3.89. The number of carbonyl (C=O) groups excluding carboxylic acids is 1. The first-order valence-corrected chi connectivity index (χ1v) is 7.26. The number of alkyl halides is 1. The molecular weight excluding hydrogens is 331 g/mol. The number of halogens is 1. The third-order valence-electron chi connectivity index (χ3n) is 1.99. The molecule has 1 aromatic rings. The first-order valence-electron chi connectivity index (χ1n) is 5.10. The minimum Gasteiger partial charge on any atom is -0.410 e. The molecule has 0 saturated carbocycles. The molecule has 17 heavy (non-hydrogen) atoms. The van der Waals surface area contributed by atoms with Crippen molar-refractivity contribution < 1.29 is 9.53 Å². The molecule has 0 aliphatic heterocycles. The highest BCUT2D eigenvalue weighted by Crippen LogP contribution is 2.21. The maximum Gasteiger partial charge on any atom is 0.412 e. The molecule has 96 valence electrons. The molecule has 3 N–H and O–H groups in total. The van der Waals surface area contributed by atoms with Gasteiger partial charge in [0.1, 0.15) is 5.75 Å². The third-order valence-corrected chi connectivity index (χ3v) is 1.99. The van der Waals surface area contributed by atoms with E-state index in [9.17, 15) is 4.79 Å². The van der Waals surface area contributed by atoms with E-state index in [0.29, 0.717) is 5.75 Å². The second-order valence-electron chi connectivity index (χ2n) is 3.89. The van der Waals surface area contributed by atoms with E-state index in [1.165, 1.54) is 7.05 Å². The fourth-order valence-electron chi connectivity index (χ4n) is 1.12. The quantitative estimate of drug-likeness (QED) is 0.637. The lowest BCUT2D eigenvalue weighted by atomic mass is 9.96. The third kappa shape index (κ3) is 5.88. The van der Waals surface area contributed by atoms with E-state index < -0.39 is 11.6 Å². The number of benzene rings is 1. The number of hydrogen-bond acceptors (Lipinski definition) is 3. The van der Waals surface area contributed by atoms with Gasteiger partial charge in [0, 0.05) is 12.6 Å². The van der Waals surface area contributed by atoms with Gasteiger partial charge in [-0.25, -0.2) is 4.79 Å². The number of ether oxygens (including phenoxy) is 1. The summed E-state index contributed by atoms with van der Waals surface area (Å²) in [6.07, 6.45) is -0.484. The molecule has 0 spiro atoms. The van der Waals surface area contributed by atoms with Gasteiger partial charge in [-0.1, -0.05) is 34.7 Å². The van der Waals surface area contributed by atoms with Gasteiger partial charge in [0.2, 0.25) is 0 Å². The molecule has 5 heteroatoms. The summed E-state index contributed by atoms with van der Waals surface area (Å²) in [7, 11) is 1.51. The Morgan fingerprint density at radius 2 is 2.00 bits per heavy atom. The molecule has 0 heterocycles. The van der Waals surface area contributed by atoms with Crippen LogP contribution >= 0.6 is 22.6 Å². The Kier molecular flexibility index (Phi) is 7.13. The Morgan fingerprint density at radius 3 is 2.47 bits per heavy atom. The van der Waals surface area contributed by atoms with Crippen molar-refractivity contribution in [3.05, 3.63) is 29.8 Å². The first-order chi connectivity index (χ1) is 7.93. The van der Waals surface area contributed by atoms with Crippen LogP contribution in [0.5, 0.6) is 5.75 Å². The van der Waals surface area contributed by atoms with E-state index in [0.717, 1.165) is 5.56 Å². The van der Waals surface area contributed by atoms with E-state index in [-0.39, 0.29) is 0 Å². The van der Waals surface area contributed by atoms with Crippen molar-refractivity contribution in [1.82, 2.24) is 5.32 Å². The number of amides is 1. The normalized spacial score (nSPS) is 10.0. The number of nitrogens with one attached hydrogen (secondary N) is 1. The summed E-state index contributed by atoms with van der Waals surface area (Å²) in [4.78, 5) is 12.9. The molecule has 4 nitrogen and oxygen atoms in total. The Hall–Kier alpha value is -0.820. The zero-order valence-electron chi connectivity index (χ0n) is 10.6. The van der Waals surface area contributed by atoms with Crippen LogP contribution in [0.25, 0.3) is 0 Å². The SMILES string of the molecule is CI.CNC(=O)Oc1cccc(C(C)(C)N)c1. The van der Waals surface area contributed by atoms with Gasteiger partial charge in [-0.05, 0) is 36.5 Å². The molecule has 0 fully saturated rings. The predicted molar refractivity (Wildman–Crippen MR) is 78.7 cm³/mol. The maximum absolute atomic E-state index is 11.0. The van der Waals surface area contributed by atoms with Gasteiger partial charge in [-0.2, -0.15) is 0 Å². The fraction of sp³-hybridized carbons (Fsp3) is 0.417. The Balaban J connectivity index is 0.00000121. The number of rotatable bonds is 2. The van der Waals surface area contributed by atoms with Crippen molar-refractivity contribution in [2.75, 3.05) is 12.0 Å². The van der Waals surface area contributed by atoms with Crippen molar-refractivity contribution in [2.45, 2.75) is 19.4 Å².